The number of benzene rings is 1. The molecule has 30 heavy (non-hydrogen) atoms. The number of aryl methyl sites for hydroxylation is 4. The minimum absolute atomic E-state index is 0. The Balaban J connectivity index is -0.000000171. The predicted molar refractivity (Wildman–Crippen MR) is 115 cm³/mol. The molecule has 1 radical (unpaired) electrons. The Morgan fingerprint density at radius 1 is 0.767 bits per heavy atom. The molecular formula is C21H32N7OY-. The van der Waals surface area contributed by atoms with Crippen LogP contribution in [0.3, 0.4) is 0 Å². The van der Waals surface area contributed by atoms with Crippen molar-refractivity contribution >= 4 is 0 Å². The molecule has 0 aliphatic heterocycles. The molecule has 0 fully saturated rings. The molecule has 0 unspecified atom stereocenters. The van der Waals surface area contributed by atoms with E-state index >= 15 is 0 Å². The van der Waals surface area contributed by atoms with Crippen LogP contribution in [0, 0.1) is 57.8 Å². The second-order valence-electron chi connectivity index (χ2n) is 4.75. The van der Waals surface area contributed by atoms with Crippen LogP contribution in [0.15, 0.2) is 34.7 Å². The number of rotatable bonds is 1. The summed E-state index contributed by atoms with van der Waals surface area (Å²) in [6.07, 6.45) is 0. The second kappa shape index (κ2) is 22.9. The van der Waals surface area contributed by atoms with Crippen molar-refractivity contribution in [2.24, 2.45) is 0 Å². The van der Waals surface area contributed by atoms with Gasteiger partial charge >= 0.3 is 0 Å². The first-order chi connectivity index (χ1) is 13.4. The van der Waals surface area contributed by atoms with Crippen molar-refractivity contribution in [1.29, 1.82) is 10.5 Å². The van der Waals surface area contributed by atoms with Crippen molar-refractivity contribution in [3.8, 4) is 17.8 Å². The molecular weight excluding hydrogens is 455 g/mol. The van der Waals surface area contributed by atoms with Crippen molar-refractivity contribution in [1.82, 2.24) is 25.0 Å². The summed E-state index contributed by atoms with van der Waals surface area (Å²) in [4.78, 5) is 0. The van der Waals surface area contributed by atoms with Crippen LogP contribution < -0.4 is 0 Å². The number of hydrogen-bond donors (Lipinski definition) is 0. The summed E-state index contributed by atoms with van der Waals surface area (Å²) in [6, 6.07) is 13.6. The zero-order valence-electron chi connectivity index (χ0n) is 19.5. The van der Waals surface area contributed by atoms with Gasteiger partial charge in [-0.15, -0.1) is 20.4 Å². The summed E-state index contributed by atoms with van der Waals surface area (Å²) in [5.74, 6) is 3.09. The molecule has 2 aromatic heterocycles. The van der Waals surface area contributed by atoms with Gasteiger partial charge in [0.2, 0.25) is 11.8 Å². The third kappa shape index (κ3) is 15.5. The minimum Gasteiger partial charge on any atom is -0.426 e. The molecule has 0 atom stereocenters. The third-order valence-corrected chi connectivity index (χ3v) is 2.63. The van der Waals surface area contributed by atoms with E-state index in [4.69, 9.17) is 14.9 Å². The summed E-state index contributed by atoms with van der Waals surface area (Å²) in [5, 5.41) is 29.8. The number of para-hydroxylation sites is 1. The molecule has 2 heterocycles. The van der Waals surface area contributed by atoms with Crippen molar-refractivity contribution in [3.05, 3.63) is 61.2 Å². The first-order valence-corrected chi connectivity index (χ1v) is 8.73. The van der Waals surface area contributed by atoms with E-state index in [2.05, 4.69) is 20.4 Å². The van der Waals surface area contributed by atoms with Crippen molar-refractivity contribution in [2.75, 3.05) is 0 Å². The van der Waals surface area contributed by atoms with Crippen LogP contribution >= 0.6 is 0 Å². The van der Waals surface area contributed by atoms with Crippen LogP contribution in [0.25, 0.3) is 5.69 Å². The van der Waals surface area contributed by atoms with Crippen LogP contribution in [0.4, 0.5) is 0 Å². The fraction of sp³-hybridized carbons (Fsp3) is 0.381. The molecule has 0 bridgehead atoms. The fourth-order valence-corrected chi connectivity index (χ4v) is 1.81. The summed E-state index contributed by atoms with van der Waals surface area (Å²) >= 11 is 0. The van der Waals surface area contributed by atoms with Crippen molar-refractivity contribution < 1.29 is 37.1 Å². The Kier molecular flexibility index (Phi) is 26.7. The van der Waals surface area contributed by atoms with E-state index in [9.17, 15) is 0 Å². The fourth-order valence-electron chi connectivity index (χ4n) is 1.81. The number of nitriles is 2. The topological polar surface area (TPSA) is 117 Å². The van der Waals surface area contributed by atoms with Gasteiger partial charge in [0.15, 0.2) is 0 Å². The molecule has 3 aromatic rings. The van der Waals surface area contributed by atoms with Crippen molar-refractivity contribution in [2.45, 2.75) is 55.4 Å². The zero-order valence-corrected chi connectivity index (χ0v) is 22.3. The van der Waals surface area contributed by atoms with Gasteiger partial charge in [-0.2, -0.15) is 10.5 Å². The molecule has 1 aromatic carbocycles. The van der Waals surface area contributed by atoms with E-state index in [0.717, 1.165) is 17.3 Å². The maximum Gasteiger partial charge on any atom is 0.213 e. The van der Waals surface area contributed by atoms with Crippen LogP contribution in [-0.4, -0.2) is 25.0 Å². The number of hydrogen-bond acceptors (Lipinski definition) is 7. The Morgan fingerprint density at radius 2 is 1.10 bits per heavy atom. The molecule has 0 aliphatic carbocycles. The maximum absolute atomic E-state index is 7.32. The first-order valence-electron chi connectivity index (χ1n) is 8.73. The van der Waals surface area contributed by atoms with E-state index in [1.807, 2.05) is 62.6 Å². The second-order valence-corrected chi connectivity index (χ2v) is 4.75. The van der Waals surface area contributed by atoms with Gasteiger partial charge in [0.05, 0.1) is 12.1 Å². The van der Waals surface area contributed by atoms with E-state index in [0.29, 0.717) is 11.8 Å². The van der Waals surface area contributed by atoms with Gasteiger partial charge in [-0.25, -0.2) is 0 Å². The zero-order chi connectivity index (χ0) is 21.9. The Morgan fingerprint density at radius 3 is 1.37 bits per heavy atom. The summed E-state index contributed by atoms with van der Waals surface area (Å²) in [5.41, 5.74) is 1.11. The molecule has 0 saturated carbocycles. The van der Waals surface area contributed by atoms with E-state index in [-0.39, 0.29) is 40.1 Å². The van der Waals surface area contributed by atoms with Gasteiger partial charge in [0.25, 0.3) is 0 Å². The van der Waals surface area contributed by atoms with Gasteiger partial charge in [-0.05, 0) is 26.0 Å². The van der Waals surface area contributed by atoms with Crippen LogP contribution in [0.2, 0.25) is 0 Å². The number of nitrogens with zero attached hydrogens (tertiary/aromatic N) is 7. The van der Waals surface area contributed by atoms with Gasteiger partial charge in [-0.1, -0.05) is 32.0 Å². The molecule has 161 valence electrons. The monoisotopic (exact) mass is 487 g/mol. The maximum atomic E-state index is 7.32. The van der Waals surface area contributed by atoms with Crippen LogP contribution in [0.5, 0.6) is 0 Å². The van der Waals surface area contributed by atoms with Gasteiger partial charge in [-0.3, -0.25) is 4.57 Å². The Hall–Kier alpha value is -2.42. The number of aromatic nitrogens is 5. The molecule has 0 aliphatic rings. The molecule has 0 N–H and O–H groups in total. The summed E-state index contributed by atoms with van der Waals surface area (Å²) in [6.45, 7) is 14.3. The largest absolute Gasteiger partial charge is 0.426 e. The first kappa shape index (κ1) is 35.0. The molecule has 8 nitrogen and oxygen atoms in total. The normalized spacial score (nSPS) is 7.40. The molecule has 3 rings (SSSR count). The van der Waals surface area contributed by atoms with Crippen LogP contribution in [-0.2, 0) is 32.7 Å². The Labute approximate surface area is 206 Å². The molecule has 0 saturated heterocycles. The van der Waals surface area contributed by atoms with E-state index in [1.165, 1.54) is 13.8 Å². The van der Waals surface area contributed by atoms with Gasteiger partial charge < -0.3 is 11.8 Å². The Bertz CT molecular complexity index is 798. The van der Waals surface area contributed by atoms with Crippen LogP contribution in [0.1, 0.15) is 51.1 Å². The minimum atomic E-state index is 0. The standard InChI is InChI=1S/C10H11N3.C4H6N2O.2C2H3N.C2H6.CH3.Y/c1-8-11-12-9(2)13(8)10-6-4-3-5-7-10;1-3-5-6-4(2)7-3;2*1-2-3;1-2;;/h3-7H,1-2H3;1-2H3;2*1H3;1-2H3;1H3;/q;;;;;-1;. The SMILES string of the molecule is CC.CC#N.CC#N.Cc1nnc(C)n1-c1ccccc1.Cc1nnc(C)o1.[CH3-].[Y]. The summed E-state index contributed by atoms with van der Waals surface area (Å²) in [7, 11) is 0. The van der Waals surface area contributed by atoms with Gasteiger partial charge in [0, 0.05) is 66.1 Å². The van der Waals surface area contributed by atoms with E-state index in [1.54, 1.807) is 26.0 Å². The third-order valence-electron chi connectivity index (χ3n) is 2.63. The average molecular weight is 487 g/mol. The van der Waals surface area contributed by atoms with E-state index < -0.39 is 0 Å². The van der Waals surface area contributed by atoms with Crippen molar-refractivity contribution in [3.63, 3.8) is 0 Å². The molecule has 0 amide bonds. The smallest absolute Gasteiger partial charge is 0.213 e. The average Bonchev–Trinajstić information content (AvgIpc) is 3.23. The molecule has 0 spiro atoms. The predicted octanol–water partition coefficient (Wildman–Crippen LogP) is 5.10. The van der Waals surface area contributed by atoms with Gasteiger partial charge in [0.1, 0.15) is 11.6 Å². The molecule has 9 heteroatoms. The summed E-state index contributed by atoms with van der Waals surface area (Å²) < 4.78 is 6.89. The quantitative estimate of drug-likeness (QED) is 0.438.